The van der Waals surface area contributed by atoms with Crippen LogP contribution in [0.4, 0.5) is 0 Å². The fourth-order valence-electron chi connectivity index (χ4n) is 5.91. The highest BCUT2D eigenvalue weighted by Crippen LogP contribution is 2.64. The maximum Gasteiger partial charge on any atom is 0.312 e. The van der Waals surface area contributed by atoms with Crippen molar-refractivity contribution in [3.63, 3.8) is 0 Å². The Morgan fingerprint density at radius 2 is 1.71 bits per heavy atom. The second-order valence-corrected chi connectivity index (χ2v) is 11.6. The Labute approximate surface area is 147 Å². The maximum absolute atomic E-state index is 13.4. The molecule has 5 atom stereocenters. The molecule has 4 bridgehead atoms. The summed E-state index contributed by atoms with van der Waals surface area (Å²) in [6.45, 7) is 15.1. The normalized spacial score (nSPS) is 40.7. The molecular weight excluding hydrogens is 300 g/mol. The number of carbonyl (C=O) groups is 1. The van der Waals surface area contributed by atoms with Crippen molar-refractivity contribution in [2.75, 3.05) is 0 Å². The van der Waals surface area contributed by atoms with E-state index in [9.17, 15) is 9.90 Å². The van der Waals surface area contributed by atoms with Gasteiger partial charge in [-0.05, 0) is 61.7 Å². The van der Waals surface area contributed by atoms with E-state index < -0.39 is 16.6 Å². The molecule has 0 amide bonds. The van der Waals surface area contributed by atoms with Crippen molar-refractivity contribution < 1.29 is 14.6 Å². The molecule has 0 saturated heterocycles. The zero-order chi connectivity index (χ0) is 18.2. The number of aliphatic hydroxyl groups is 1. The van der Waals surface area contributed by atoms with Crippen molar-refractivity contribution in [1.82, 2.24) is 0 Å². The summed E-state index contributed by atoms with van der Waals surface area (Å²) in [5.74, 6) is 0.821. The molecule has 5 unspecified atom stereocenters. The molecule has 0 aliphatic heterocycles. The van der Waals surface area contributed by atoms with Crippen LogP contribution in [0.2, 0.25) is 0 Å². The van der Waals surface area contributed by atoms with Crippen LogP contribution in [0.25, 0.3) is 0 Å². The lowest BCUT2D eigenvalue weighted by Crippen LogP contribution is -2.50. The summed E-state index contributed by atoms with van der Waals surface area (Å²) in [5, 5.41) is 10.9. The second-order valence-electron chi connectivity index (χ2n) is 11.6. The van der Waals surface area contributed by atoms with E-state index in [2.05, 4.69) is 48.5 Å². The molecule has 0 radical (unpaired) electrons. The van der Waals surface area contributed by atoms with E-state index in [1.165, 1.54) is 0 Å². The quantitative estimate of drug-likeness (QED) is 0.759. The van der Waals surface area contributed by atoms with Gasteiger partial charge in [0.05, 0.1) is 11.0 Å². The van der Waals surface area contributed by atoms with Crippen molar-refractivity contribution >= 4 is 5.97 Å². The zero-order valence-corrected chi connectivity index (χ0v) is 16.7. The van der Waals surface area contributed by atoms with Crippen LogP contribution >= 0.6 is 0 Å². The first kappa shape index (κ1) is 18.2. The Morgan fingerprint density at radius 1 is 1.08 bits per heavy atom. The fraction of sp³-hybridized carbons (Fsp3) is 0.952. The van der Waals surface area contributed by atoms with Crippen molar-refractivity contribution in [1.29, 1.82) is 0 Å². The van der Waals surface area contributed by atoms with Gasteiger partial charge in [0.1, 0.15) is 5.60 Å². The second kappa shape index (κ2) is 4.99. The van der Waals surface area contributed by atoms with Gasteiger partial charge in [0, 0.05) is 6.42 Å². The lowest BCUT2D eigenvalue weighted by atomic mass is 9.61. The third kappa shape index (κ3) is 2.81. The lowest BCUT2D eigenvalue weighted by Gasteiger charge is -2.47. The summed E-state index contributed by atoms with van der Waals surface area (Å²) < 4.78 is 6.27. The summed E-state index contributed by atoms with van der Waals surface area (Å²) in [4.78, 5) is 13.4. The summed E-state index contributed by atoms with van der Waals surface area (Å²) in [5.41, 5.74) is -1.60. The largest absolute Gasteiger partial charge is 0.459 e. The predicted molar refractivity (Wildman–Crippen MR) is 95.5 cm³/mol. The minimum Gasteiger partial charge on any atom is -0.459 e. The van der Waals surface area contributed by atoms with Crippen molar-refractivity contribution in [3.8, 4) is 0 Å². The van der Waals surface area contributed by atoms with Crippen LogP contribution in [0.5, 0.6) is 0 Å². The zero-order valence-electron chi connectivity index (χ0n) is 16.7. The molecule has 4 fully saturated rings. The smallest absolute Gasteiger partial charge is 0.312 e. The van der Waals surface area contributed by atoms with Crippen molar-refractivity contribution in [3.05, 3.63) is 0 Å². The first-order valence-electron chi connectivity index (χ1n) is 9.64. The Bertz CT molecular complexity index is 540. The Morgan fingerprint density at radius 3 is 2.17 bits per heavy atom. The first-order chi connectivity index (χ1) is 10.7. The van der Waals surface area contributed by atoms with E-state index in [-0.39, 0.29) is 16.8 Å². The van der Waals surface area contributed by atoms with E-state index in [1.54, 1.807) is 0 Å². The van der Waals surface area contributed by atoms with Crippen molar-refractivity contribution in [2.24, 2.45) is 28.1 Å². The lowest BCUT2D eigenvalue weighted by molar-refractivity contribution is -0.188. The molecule has 0 aromatic carbocycles. The summed E-state index contributed by atoms with van der Waals surface area (Å²) in [6.07, 6.45) is 5.30. The summed E-state index contributed by atoms with van der Waals surface area (Å²) >= 11 is 0. The molecule has 4 aliphatic carbocycles. The molecule has 0 heterocycles. The first-order valence-corrected chi connectivity index (χ1v) is 9.64. The summed E-state index contributed by atoms with van der Waals surface area (Å²) in [7, 11) is 0. The van der Waals surface area contributed by atoms with E-state index in [1.807, 2.05) is 0 Å². The Hall–Kier alpha value is -0.570. The van der Waals surface area contributed by atoms with Gasteiger partial charge < -0.3 is 9.84 Å². The summed E-state index contributed by atoms with van der Waals surface area (Å²) in [6, 6.07) is 0. The van der Waals surface area contributed by atoms with Gasteiger partial charge in [0.25, 0.3) is 0 Å². The van der Waals surface area contributed by atoms with E-state index in [0.717, 1.165) is 32.1 Å². The van der Waals surface area contributed by atoms with Crippen molar-refractivity contribution in [2.45, 2.75) is 98.2 Å². The van der Waals surface area contributed by atoms with Gasteiger partial charge >= 0.3 is 5.97 Å². The van der Waals surface area contributed by atoms with Gasteiger partial charge in [-0.2, -0.15) is 0 Å². The number of esters is 1. The van der Waals surface area contributed by atoms with Crippen LogP contribution in [0, 0.1) is 28.1 Å². The Balaban J connectivity index is 1.83. The molecule has 0 aromatic heterocycles. The van der Waals surface area contributed by atoms with Crippen LogP contribution in [-0.2, 0) is 9.53 Å². The number of carbonyl (C=O) groups excluding carboxylic acids is 1. The van der Waals surface area contributed by atoms with Crippen LogP contribution in [0.15, 0.2) is 0 Å². The van der Waals surface area contributed by atoms with Gasteiger partial charge in [0.2, 0.25) is 0 Å². The molecule has 24 heavy (non-hydrogen) atoms. The minimum atomic E-state index is -0.564. The molecule has 4 aliphatic rings. The van der Waals surface area contributed by atoms with Gasteiger partial charge in [-0.3, -0.25) is 4.79 Å². The minimum absolute atomic E-state index is 0.0594. The molecule has 4 rings (SSSR count). The van der Waals surface area contributed by atoms with Crippen LogP contribution in [0.3, 0.4) is 0 Å². The SMILES string of the molecule is CC(C)(C)CC(C)(C(=O)OC12CC3CC(C1)C(O)(C3)C2)C(C)(C)C. The molecule has 3 heteroatoms. The highest BCUT2D eigenvalue weighted by atomic mass is 16.6. The maximum atomic E-state index is 13.4. The predicted octanol–water partition coefficient (Wildman–Crippen LogP) is 4.71. The average Bonchev–Trinajstić information content (AvgIpc) is 2.65. The monoisotopic (exact) mass is 336 g/mol. The number of rotatable bonds is 3. The van der Waals surface area contributed by atoms with Crippen LogP contribution in [0.1, 0.15) is 87.0 Å². The van der Waals surface area contributed by atoms with Gasteiger partial charge in [0.15, 0.2) is 0 Å². The molecule has 0 aromatic rings. The Kier molecular flexibility index (Phi) is 3.79. The third-order valence-electron chi connectivity index (χ3n) is 7.23. The molecule has 1 N–H and O–H groups in total. The van der Waals surface area contributed by atoms with Crippen LogP contribution < -0.4 is 0 Å². The van der Waals surface area contributed by atoms with E-state index in [4.69, 9.17) is 4.74 Å². The number of ether oxygens (including phenoxy) is 1. The number of hydrogen-bond acceptors (Lipinski definition) is 3. The van der Waals surface area contributed by atoms with Crippen LogP contribution in [-0.4, -0.2) is 22.3 Å². The number of hydrogen-bond donors (Lipinski definition) is 1. The van der Waals surface area contributed by atoms with Gasteiger partial charge in [-0.1, -0.05) is 41.5 Å². The molecule has 3 nitrogen and oxygen atoms in total. The topological polar surface area (TPSA) is 46.5 Å². The highest BCUT2D eigenvalue weighted by Gasteiger charge is 2.66. The molecule has 138 valence electrons. The molecule has 4 saturated carbocycles. The van der Waals surface area contributed by atoms with Gasteiger partial charge in [-0.15, -0.1) is 0 Å². The molecular formula is C21H36O3. The highest BCUT2D eigenvalue weighted by molar-refractivity contribution is 5.78. The fourth-order valence-corrected chi connectivity index (χ4v) is 5.91. The third-order valence-corrected chi connectivity index (χ3v) is 7.23. The standard InChI is InChI=1S/C21H36O3/c1-17(2,3)12-19(7,18(4,5)6)16(22)24-20-9-14-8-15(11-20)21(23,10-14)13-20/h14-15,23H,8-13H2,1-7H3. The van der Waals surface area contributed by atoms with Gasteiger partial charge in [-0.25, -0.2) is 0 Å². The molecule has 0 spiro atoms. The van der Waals surface area contributed by atoms with E-state index in [0.29, 0.717) is 18.3 Å². The average molecular weight is 337 g/mol. The van der Waals surface area contributed by atoms with E-state index >= 15 is 0 Å².